The minimum atomic E-state index is -0.406. The number of nitrogens with zero attached hydrogens (tertiary/aromatic N) is 2. The molecule has 1 N–H and O–H groups in total. The molecule has 0 saturated heterocycles. The van der Waals surface area contributed by atoms with Gasteiger partial charge in [-0.25, -0.2) is 0 Å². The van der Waals surface area contributed by atoms with E-state index in [0.29, 0.717) is 6.54 Å². The Morgan fingerprint density at radius 3 is 2.00 bits per heavy atom. The van der Waals surface area contributed by atoms with Gasteiger partial charge in [-0.3, -0.25) is 0 Å². The van der Waals surface area contributed by atoms with Crippen molar-refractivity contribution in [2.45, 2.75) is 6.10 Å². The van der Waals surface area contributed by atoms with Gasteiger partial charge >= 0.3 is 0 Å². The Bertz CT molecular complexity index is 293. The number of benzene rings is 1. The highest BCUT2D eigenvalue weighted by Crippen LogP contribution is 2.18. The summed E-state index contributed by atoms with van der Waals surface area (Å²) in [6.45, 7) is 0.654. The summed E-state index contributed by atoms with van der Waals surface area (Å²) >= 11 is 0. The van der Waals surface area contributed by atoms with Crippen LogP contribution in [0.15, 0.2) is 24.3 Å². The van der Waals surface area contributed by atoms with Crippen molar-refractivity contribution in [1.29, 1.82) is 0 Å². The van der Waals surface area contributed by atoms with Gasteiger partial charge in [-0.2, -0.15) is 0 Å². The zero-order valence-electron chi connectivity index (χ0n) is 9.94. The van der Waals surface area contributed by atoms with Crippen LogP contribution >= 0.6 is 0 Å². The molecule has 0 saturated carbocycles. The van der Waals surface area contributed by atoms with Gasteiger partial charge in [0.25, 0.3) is 0 Å². The SMILES string of the molecule is CN(C)CC(O)c1ccc(N(C)C)cc1. The second kappa shape index (κ2) is 5.14. The van der Waals surface area contributed by atoms with Gasteiger partial charge in [-0.15, -0.1) is 0 Å². The molecule has 84 valence electrons. The van der Waals surface area contributed by atoms with Crippen molar-refractivity contribution in [1.82, 2.24) is 4.90 Å². The first-order valence-electron chi connectivity index (χ1n) is 5.11. The standard InChI is InChI=1S/C12H20N2O/c1-13(2)9-12(15)10-5-7-11(8-6-10)14(3)4/h5-8,12,15H,9H2,1-4H3. The molecular weight excluding hydrogens is 188 g/mol. The molecule has 0 amide bonds. The summed E-state index contributed by atoms with van der Waals surface area (Å²) in [6, 6.07) is 8.00. The third-order valence-electron chi connectivity index (χ3n) is 2.33. The fourth-order valence-corrected chi connectivity index (χ4v) is 1.45. The first-order chi connectivity index (χ1) is 7.00. The lowest BCUT2D eigenvalue weighted by Gasteiger charge is -2.18. The highest BCUT2D eigenvalue weighted by Gasteiger charge is 2.08. The van der Waals surface area contributed by atoms with Crippen LogP contribution in [-0.4, -0.2) is 44.7 Å². The normalized spacial score (nSPS) is 12.9. The smallest absolute Gasteiger partial charge is 0.0916 e. The van der Waals surface area contributed by atoms with Crippen LogP contribution in [0.3, 0.4) is 0 Å². The summed E-state index contributed by atoms with van der Waals surface area (Å²) in [4.78, 5) is 4.02. The molecule has 0 aromatic heterocycles. The van der Waals surface area contributed by atoms with E-state index in [9.17, 15) is 5.11 Å². The number of anilines is 1. The van der Waals surface area contributed by atoms with Gasteiger partial charge in [0.2, 0.25) is 0 Å². The topological polar surface area (TPSA) is 26.7 Å². The molecule has 1 aromatic rings. The van der Waals surface area contributed by atoms with E-state index in [1.807, 2.05) is 62.3 Å². The Hall–Kier alpha value is -1.06. The summed E-state index contributed by atoms with van der Waals surface area (Å²) in [5.41, 5.74) is 2.12. The van der Waals surface area contributed by atoms with Crippen molar-refractivity contribution in [2.75, 3.05) is 39.6 Å². The predicted molar refractivity (Wildman–Crippen MR) is 64.3 cm³/mol. The molecule has 1 atom stereocenters. The average Bonchev–Trinajstić information content (AvgIpc) is 2.17. The van der Waals surface area contributed by atoms with Gasteiger partial charge in [-0.1, -0.05) is 12.1 Å². The lowest BCUT2D eigenvalue weighted by Crippen LogP contribution is -2.20. The quantitative estimate of drug-likeness (QED) is 0.809. The van der Waals surface area contributed by atoms with E-state index in [-0.39, 0.29) is 0 Å². The van der Waals surface area contributed by atoms with E-state index in [2.05, 4.69) is 0 Å². The summed E-state index contributed by atoms with van der Waals surface area (Å²) in [6.07, 6.45) is -0.406. The van der Waals surface area contributed by atoms with Crippen LogP contribution in [0.2, 0.25) is 0 Å². The Kier molecular flexibility index (Phi) is 4.12. The van der Waals surface area contributed by atoms with Crippen LogP contribution in [0, 0.1) is 0 Å². The Labute approximate surface area is 91.9 Å². The monoisotopic (exact) mass is 208 g/mol. The van der Waals surface area contributed by atoms with E-state index >= 15 is 0 Å². The van der Waals surface area contributed by atoms with Gasteiger partial charge < -0.3 is 14.9 Å². The van der Waals surface area contributed by atoms with Crippen LogP contribution in [0.5, 0.6) is 0 Å². The predicted octanol–water partition coefficient (Wildman–Crippen LogP) is 1.35. The Morgan fingerprint density at radius 2 is 1.60 bits per heavy atom. The van der Waals surface area contributed by atoms with Crippen LogP contribution < -0.4 is 4.90 Å². The van der Waals surface area contributed by atoms with Gasteiger partial charge in [-0.05, 0) is 31.8 Å². The maximum absolute atomic E-state index is 9.87. The first kappa shape index (κ1) is 12.0. The van der Waals surface area contributed by atoms with Crippen LogP contribution in [0.25, 0.3) is 0 Å². The molecule has 1 aromatic carbocycles. The molecule has 0 spiro atoms. The average molecular weight is 208 g/mol. The van der Waals surface area contributed by atoms with Gasteiger partial charge in [0, 0.05) is 26.3 Å². The molecule has 0 aliphatic heterocycles. The van der Waals surface area contributed by atoms with Crippen molar-refractivity contribution < 1.29 is 5.11 Å². The molecule has 0 fully saturated rings. The second-order valence-electron chi connectivity index (χ2n) is 4.26. The zero-order valence-corrected chi connectivity index (χ0v) is 9.94. The highest BCUT2D eigenvalue weighted by molar-refractivity contribution is 5.46. The minimum absolute atomic E-state index is 0.406. The van der Waals surface area contributed by atoms with Crippen molar-refractivity contribution in [3.05, 3.63) is 29.8 Å². The van der Waals surface area contributed by atoms with Gasteiger partial charge in [0.1, 0.15) is 0 Å². The third-order valence-corrected chi connectivity index (χ3v) is 2.33. The van der Waals surface area contributed by atoms with Gasteiger partial charge in [0.15, 0.2) is 0 Å². The molecule has 0 aliphatic rings. The number of rotatable bonds is 4. The molecule has 3 nitrogen and oxygen atoms in total. The number of aliphatic hydroxyl groups excluding tert-OH is 1. The van der Waals surface area contributed by atoms with E-state index in [1.165, 1.54) is 0 Å². The molecule has 0 radical (unpaired) electrons. The first-order valence-corrected chi connectivity index (χ1v) is 5.11. The summed E-state index contributed by atoms with van der Waals surface area (Å²) in [5, 5.41) is 9.87. The fourth-order valence-electron chi connectivity index (χ4n) is 1.45. The summed E-state index contributed by atoms with van der Waals surface area (Å²) in [7, 11) is 7.92. The van der Waals surface area contributed by atoms with Crippen LogP contribution in [0.4, 0.5) is 5.69 Å². The number of likely N-dealkylation sites (N-methyl/N-ethyl adjacent to an activating group) is 1. The number of aliphatic hydroxyl groups is 1. The maximum atomic E-state index is 9.87. The van der Waals surface area contributed by atoms with E-state index in [1.54, 1.807) is 0 Å². The lowest BCUT2D eigenvalue weighted by atomic mass is 10.1. The second-order valence-corrected chi connectivity index (χ2v) is 4.26. The van der Waals surface area contributed by atoms with Crippen molar-refractivity contribution in [3.63, 3.8) is 0 Å². The summed E-state index contributed by atoms with van der Waals surface area (Å²) in [5.74, 6) is 0. The lowest BCUT2D eigenvalue weighted by molar-refractivity contribution is 0.138. The number of hydrogen-bond donors (Lipinski definition) is 1. The molecule has 15 heavy (non-hydrogen) atoms. The van der Waals surface area contributed by atoms with E-state index < -0.39 is 6.10 Å². The van der Waals surface area contributed by atoms with Crippen LogP contribution in [0.1, 0.15) is 11.7 Å². The molecule has 0 heterocycles. The maximum Gasteiger partial charge on any atom is 0.0916 e. The van der Waals surface area contributed by atoms with Crippen LogP contribution in [-0.2, 0) is 0 Å². The van der Waals surface area contributed by atoms with E-state index in [4.69, 9.17) is 0 Å². The van der Waals surface area contributed by atoms with Crippen molar-refractivity contribution in [2.24, 2.45) is 0 Å². The molecule has 1 rings (SSSR count). The molecule has 1 unspecified atom stereocenters. The Balaban J connectivity index is 2.71. The van der Waals surface area contributed by atoms with Gasteiger partial charge in [0.05, 0.1) is 6.10 Å². The zero-order chi connectivity index (χ0) is 11.4. The van der Waals surface area contributed by atoms with E-state index in [0.717, 1.165) is 11.3 Å². The Morgan fingerprint density at radius 1 is 1.07 bits per heavy atom. The fraction of sp³-hybridized carbons (Fsp3) is 0.500. The minimum Gasteiger partial charge on any atom is -0.387 e. The molecule has 0 aliphatic carbocycles. The molecule has 0 bridgehead atoms. The third kappa shape index (κ3) is 3.53. The molecule has 3 heteroatoms. The van der Waals surface area contributed by atoms with Crippen molar-refractivity contribution >= 4 is 5.69 Å². The largest absolute Gasteiger partial charge is 0.387 e. The summed E-state index contributed by atoms with van der Waals surface area (Å²) < 4.78 is 0. The van der Waals surface area contributed by atoms with Crippen molar-refractivity contribution in [3.8, 4) is 0 Å². The number of hydrogen-bond acceptors (Lipinski definition) is 3. The highest BCUT2D eigenvalue weighted by atomic mass is 16.3. The molecular formula is C12H20N2O.